The van der Waals surface area contributed by atoms with Gasteiger partial charge < -0.3 is 24.1 Å². The molecular weight excluding hydrogens is 560 g/mol. The topological polar surface area (TPSA) is 124 Å². The lowest BCUT2D eigenvalue weighted by Gasteiger charge is -2.23. The Hall–Kier alpha value is -4.38. The van der Waals surface area contributed by atoms with E-state index in [2.05, 4.69) is 11.9 Å². The molecule has 42 heavy (non-hydrogen) atoms. The van der Waals surface area contributed by atoms with E-state index < -0.39 is 23.7 Å². The molecule has 220 valence electrons. The van der Waals surface area contributed by atoms with Crippen molar-refractivity contribution >= 4 is 39.9 Å². The largest absolute Gasteiger partial charge is 0.507 e. The van der Waals surface area contributed by atoms with E-state index in [-0.39, 0.29) is 27.9 Å². The first-order valence-corrected chi connectivity index (χ1v) is 14.7. The second-order valence-corrected chi connectivity index (χ2v) is 10.8. The molecule has 1 atom stereocenters. The summed E-state index contributed by atoms with van der Waals surface area (Å²) in [7, 11) is 0. The molecule has 1 saturated heterocycles. The van der Waals surface area contributed by atoms with Gasteiger partial charge in [-0.05, 0) is 56.2 Å². The van der Waals surface area contributed by atoms with Gasteiger partial charge in [-0.2, -0.15) is 0 Å². The van der Waals surface area contributed by atoms with Crippen molar-refractivity contribution in [3.8, 4) is 17.2 Å². The highest BCUT2D eigenvalue weighted by Crippen LogP contribution is 2.45. The maximum absolute atomic E-state index is 13.6. The van der Waals surface area contributed by atoms with Gasteiger partial charge in [0, 0.05) is 5.56 Å². The van der Waals surface area contributed by atoms with Crippen molar-refractivity contribution in [2.45, 2.75) is 46.1 Å². The number of hydrogen-bond donors (Lipinski definition) is 1. The van der Waals surface area contributed by atoms with Crippen LogP contribution >= 0.6 is 11.3 Å². The first kappa shape index (κ1) is 29.1. The summed E-state index contributed by atoms with van der Waals surface area (Å²) in [5.41, 5.74) is 1.11. The van der Waals surface area contributed by atoms with Gasteiger partial charge in [0.15, 0.2) is 16.6 Å². The third kappa shape index (κ3) is 5.69. The van der Waals surface area contributed by atoms with E-state index in [9.17, 15) is 19.5 Å². The number of fused-ring (bicyclic) bond motifs is 1. The number of anilines is 1. The van der Waals surface area contributed by atoms with Gasteiger partial charge in [-0.25, -0.2) is 9.78 Å². The number of unbranched alkanes of at least 4 members (excludes halogenated alkanes) is 2. The zero-order chi connectivity index (χ0) is 29.8. The Bertz CT molecular complexity index is 1530. The van der Waals surface area contributed by atoms with E-state index in [0.29, 0.717) is 53.9 Å². The number of esters is 1. The number of aliphatic hydroxyl groups excluding tert-OH is 1. The van der Waals surface area contributed by atoms with Gasteiger partial charge in [-0.15, -0.1) is 0 Å². The summed E-state index contributed by atoms with van der Waals surface area (Å²) in [4.78, 5) is 45.6. The Morgan fingerprint density at radius 3 is 2.52 bits per heavy atom. The highest BCUT2D eigenvalue weighted by atomic mass is 32.1. The number of Topliss-reactive ketones (excluding diaryl/α,β-unsaturated/α-hetero) is 1. The fourth-order valence-electron chi connectivity index (χ4n) is 4.85. The monoisotopic (exact) mass is 592 g/mol. The van der Waals surface area contributed by atoms with Gasteiger partial charge in [0.05, 0.1) is 30.5 Å². The highest BCUT2D eigenvalue weighted by molar-refractivity contribution is 7.17. The minimum absolute atomic E-state index is 0.112. The predicted octanol–water partition coefficient (Wildman–Crippen LogP) is 5.59. The molecular formula is C31H32N2O8S. The number of carbonyl (C=O) groups excluding carboxylic acids is 3. The van der Waals surface area contributed by atoms with Crippen molar-refractivity contribution in [2.75, 3.05) is 31.3 Å². The minimum Gasteiger partial charge on any atom is -0.507 e. The maximum Gasteiger partial charge on any atom is 0.350 e. The Morgan fingerprint density at radius 2 is 1.81 bits per heavy atom. The molecule has 0 saturated carbocycles. The number of carbonyl (C=O) groups is 3. The van der Waals surface area contributed by atoms with Crippen LogP contribution in [0.15, 0.2) is 48.0 Å². The fourth-order valence-corrected chi connectivity index (χ4v) is 5.84. The van der Waals surface area contributed by atoms with Gasteiger partial charge in [0.1, 0.15) is 29.6 Å². The summed E-state index contributed by atoms with van der Waals surface area (Å²) in [6, 6.07) is 10.8. The van der Waals surface area contributed by atoms with Crippen molar-refractivity contribution in [2.24, 2.45) is 0 Å². The summed E-state index contributed by atoms with van der Waals surface area (Å²) in [6.07, 6.45) is 3.08. The van der Waals surface area contributed by atoms with Crippen LogP contribution in [0.2, 0.25) is 0 Å². The number of aryl methyl sites for hydroxylation is 1. The second-order valence-electron chi connectivity index (χ2n) is 9.78. The molecule has 1 unspecified atom stereocenters. The number of rotatable bonds is 10. The molecule has 3 heterocycles. The second kappa shape index (κ2) is 12.6. The van der Waals surface area contributed by atoms with Crippen molar-refractivity contribution in [1.82, 2.24) is 4.98 Å². The van der Waals surface area contributed by atoms with Crippen LogP contribution in [-0.4, -0.2) is 54.2 Å². The molecule has 1 N–H and O–H groups in total. The minimum atomic E-state index is -1.02. The molecule has 2 aromatic carbocycles. The summed E-state index contributed by atoms with van der Waals surface area (Å²) in [5, 5.41) is 11.7. The first-order valence-electron chi connectivity index (χ1n) is 13.9. The Kier molecular flexibility index (Phi) is 8.77. The van der Waals surface area contributed by atoms with Crippen LogP contribution in [0.4, 0.5) is 5.13 Å². The van der Waals surface area contributed by atoms with E-state index in [0.717, 1.165) is 30.6 Å². The lowest BCUT2D eigenvalue weighted by molar-refractivity contribution is -0.132. The number of amides is 1. The third-order valence-corrected chi connectivity index (χ3v) is 8.06. The summed E-state index contributed by atoms with van der Waals surface area (Å²) in [6.45, 7) is 6.96. The van der Waals surface area contributed by atoms with Crippen LogP contribution in [0.25, 0.3) is 5.76 Å². The van der Waals surface area contributed by atoms with Crippen LogP contribution in [-0.2, 0) is 14.3 Å². The highest BCUT2D eigenvalue weighted by Gasteiger charge is 2.48. The number of ether oxygens (including phenoxy) is 4. The molecule has 2 aliphatic heterocycles. The van der Waals surface area contributed by atoms with E-state index in [1.165, 1.54) is 4.90 Å². The standard InChI is InChI=1S/C31H32N2O8S/c1-4-6-7-14-39-21-11-8-19(9-12-21)25-24(26(34)20-10-13-22-23(17-20)41-16-15-40-22)27(35)29(36)33(25)31-32-18(3)28(42-31)30(37)38-5-2/h8-13,17,25,34H,4-7,14-16H2,1-3H3/b26-24+. The molecule has 5 rings (SSSR count). The Labute approximate surface area is 247 Å². The number of hydrogen-bond acceptors (Lipinski definition) is 10. The average molecular weight is 593 g/mol. The molecule has 1 fully saturated rings. The summed E-state index contributed by atoms with van der Waals surface area (Å²) in [5.74, 6) is -1.08. The van der Waals surface area contributed by atoms with Gasteiger partial charge in [-0.3, -0.25) is 14.5 Å². The number of nitrogens with zero attached hydrogens (tertiary/aromatic N) is 2. The number of aliphatic hydroxyl groups is 1. The maximum atomic E-state index is 13.6. The smallest absolute Gasteiger partial charge is 0.350 e. The quantitative estimate of drug-likeness (QED) is 0.105. The van der Waals surface area contributed by atoms with Crippen LogP contribution in [0, 0.1) is 6.92 Å². The SMILES string of the molecule is CCCCCOc1ccc(C2/C(=C(\O)c3ccc4c(c3)OCCO4)C(=O)C(=O)N2c2nc(C)c(C(=O)OCC)s2)cc1. The molecule has 0 radical (unpaired) electrons. The van der Waals surface area contributed by atoms with Crippen LogP contribution in [0.3, 0.4) is 0 Å². The normalized spacial score (nSPS) is 17.4. The average Bonchev–Trinajstić information content (AvgIpc) is 3.51. The van der Waals surface area contributed by atoms with Gasteiger partial charge in [0.25, 0.3) is 5.78 Å². The molecule has 0 aliphatic carbocycles. The number of thiazole rings is 1. The molecule has 1 amide bonds. The molecule has 0 bridgehead atoms. The predicted molar refractivity (Wildman–Crippen MR) is 156 cm³/mol. The molecule has 2 aliphatic rings. The number of ketones is 1. The Balaban J connectivity index is 1.59. The van der Waals surface area contributed by atoms with Crippen molar-refractivity contribution < 1.29 is 38.4 Å². The van der Waals surface area contributed by atoms with Crippen molar-refractivity contribution in [3.05, 3.63) is 69.7 Å². The number of benzene rings is 2. The van der Waals surface area contributed by atoms with Crippen LogP contribution in [0.1, 0.15) is 65.6 Å². The fraction of sp³-hybridized carbons (Fsp3) is 0.355. The molecule has 0 spiro atoms. The van der Waals surface area contributed by atoms with Gasteiger partial charge in [0.2, 0.25) is 0 Å². The third-order valence-electron chi connectivity index (χ3n) is 6.92. The van der Waals surface area contributed by atoms with Crippen LogP contribution < -0.4 is 19.1 Å². The van der Waals surface area contributed by atoms with Crippen LogP contribution in [0.5, 0.6) is 17.2 Å². The zero-order valence-corrected chi connectivity index (χ0v) is 24.5. The van der Waals surface area contributed by atoms with E-state index in [1.807, 2.05) is 0 Å². The van der Waals surface area contributed by atoms with E-state index in [1.54, 1.807) is 56.3 Å². The zero-order valence-electron chi connectivity index (χ0n) is 23.7. The summed E-state index contributed by atoms with van der Waals surface area (Å²) >= 11 is 0.958. The van der Waals surface area contributed by atoms with Crippen molar-refractivity contribution in [1.29, 1.82) is 0 Å². The lowest BCUT2D eigenvalue weighted by Crippen LogP contribution is -2.29. The molecule has 11 heteroatoms. The molecule has 3 aromatic rings. The van der Waals surface area contributed by atoms with Gasteiger partial charge >= 0.3 is 11.9 Å². The van der Waals surface area contributed by atoms with Crippen molar-refractivity contribution in [3.63, 3.8) is 0 Å². The van der Waals surface area contributed by atoms with E-state index >= 15 is 0 Å². The number of aromatic nitrogens is 1. The first-order chi connectivity index (χ1) is 20.3. The molecule has 10 nitrogen and oxygen atoms in total. The van der Waals surface area contributed by atoms with E-state index in [4.69, 9.17) is 18.9 Å². The lowest BCUT2D eigenvalue weighted by atomic mass is 9.95. The Morgan fingerprint density at radius 1 is 1.07 bits per heavy atom. The summed E-state index contributed by atoms with van der Waals surface area (Å²) < 4.78 is 22.2. The van der Waals surface area contributed by atoms with Gasteiger partial charge in [-0.1, -0.05) is 43.2 Å². The molecule has 1 aromatic heterocycles.